The van der Waals surface area contributed by atoms with Crippen LogP contribution in [-0.2, 0) is 6.42 Å². The standard InChI is InChI=1S/C18H18ClNO3/c1-10-5-12(19)7-14(18(10)21-2)17-13-8-16-15(22-9-23-16)6-11(13)3-4-20-17/h5-8,17,20H,3-4,9H2,1-2H3. The van der Waals surface area contributed by atoms with E-state index >= 15 is 0 Å². The Morgan fingerprint density at radius 1 is 1.13 bits per heavy atom. The summed E-state index contributed by atoms with van der Waals surface area (Å²) >= 11 is 6.29. The van der Waals surface area contributed by atoms with Crippen LogP contribution in [-0.4, -0.2) is 20.4 Å². The zero-order valence-corrected chi connectivity index (χ0v) is 13.9. The predicted molar refractivity (Wildman–Crippen MR) is 88.9 cm³/mol. The fourth-order valence-electron chi connectivity index (χ4n) is 3.47. The zero-order valence-electron chi connectivity index (χ0n) is 13.1. The van der Waals surface area contributed by atoms with Crippen LogP contribution < -0.4 is 19.5 Å². The molecule has 5 heteroatoms. The number of fused-ring (bicyclic) bond motifs is 2. The van der Waals surface area contributed by atoms with Gasteiger partial charge in [-0.2, -0.15) is 0 Å². The molecule has 1 unspecified atom stereocenters. The summed E-state index contributed by atoms with van der Waals surface area (Å²) in [6.45, 7) is 3.19. The number of rotatable bonds is 2. The van der Waals surface area contributed by atoms with Crippen molar-refractivity contribution in [2.24, 2.45) is 0 Å². The van der Waals surface area contributed by atoms with Crippen LogP contribution in [0, 0.1) is 6.92 Å². The number of aryl methyl sites for hydroxylation is 1. The minimum atomic E-state index is 0.0283. The molecule has 4 nitrogen and oxygen atoms in total. The van der Waals surface area contributed by atoms with E-state index in [1.165, 1.54) is 11.1 Å². The molecule has 0 aliphatic carbocycles. The second kappa shape index (κ2) is 5.62. The minimum absolute atomic E-state index is 0.0283. The summed E-state index contributed by atoms with van der Waals surface area (Å²) in [5, 5.41) is 4.29. The van der Waals surface area contributed by atoms with Gasteiger partial charge in [-0.25, -0.2) is 0 Å². The van der Waals surface area contributed by atoms with Gasteiger partial charge in [0.15, 0.2) is 11.5 Å². The molecule has 0 saturated carbocycles. The summed E-state index contributed by atoms with van der Waals surface area (Å²) in [5.41, 5.74) is 4.56. The highest BCUT2D eigenvalue weighted by molar-refractivity contribution is 6.30. The highest BCUT2D eigenvalue weighted by Gasteiger charge is 2.28. The van der Waals surface area contributed by atoms with Crippen molar-refractivity contribution in [3.63, 3.8) is 0 Å². The van der Waals surface area contributed by atoms with Crippen molar-refractivity contribution in [3.05, 3.63) is 51.5 Å². The van der Waals surface area contributed by atoms with Gasteiger partial charge < -0.3 is 19.5 Å². The topological polar surface area (TPSA) is 39.7 Å². The Labute approximate surface area is 140 Å². The van der Waals surface area contributed by atoms with E-state index in [2.05, 4.69) is 17.4 Å². The van der Waals surface area contributed by atoms with Crippen molar-refractivity contribution in [2.45, 2.75) is 19.4 Å². The van der Waals surface area contributed by atoms with Crippen molar-refractivity contribution in [1.82, 2.24) is 5.32 Å². The van der Waals surface area contributed by atoms with E-state index in [0.717, 1.165) is 41.3 Å². The molecule has 120 valence electrons. The minimum Gasteiger partial charge on any atom is -0.496 e. The molecule has 2 aromatic rings. The first-order valence-corrected chi connectivity index (χ1v) is 8.05. The molecule has 0 bridgehead atoms. The molecule has 1 N–H and O–H groups in total. The third-order valence-corrected chi connectivity index (χ3v) is 4.69. The van der Waals surface area contributed by atoms with Gasteiger partial charge in [0.1, 0.15) is 5.75 Å². The fourth-order valence-corrected chi connectivity index (χ4v) is 3.75. The summed E-state index contributed by atoms with van der Waals surface area (Å²) in [4.78, 5) is 0. The van der Waals surface area contributed by atoms with Gasteiger partial charge in [0.05, 0.1) is 13.2 Å². The maximum absolute atomic E-state index is 6.29. The molecule has 0 saturated heterocycles. The molecule has 0 amide bonds. The monoisotopic (exact) mass is 331 g/mol. The second-order valence-corrected chi connectivity index (χ2v) is 6.32. The van der Waals surface area contributed by atoms with Gasteiger partial charge in [0.25, 0.3) is 0 Å². The lowest BCUT2D eigenvalue weighted by Crippen LogP contribution is -2.31. The average Bonchev–Trinajstić information content (AvgIpc) is 2.98. The number of hydrogen-bond acceptors (Lipinski definition) is 4. The predicted octanol–water partition coefficient (Wildman–Crippen LogP) is 3.62. The summed E-state index contributed by atoms with van der Waals surface area (Å²) in [6, 6.07) is 8.10. The van der Waals surface area contributed by atoms with Crippen LogP contribution in [0.15, 0.2) is 24.3 Å². The van der Waals surface area contributed by atoms with Crippen LogP contribution in [0.25, 0.3) is 0 Å². The molecule has 1 atom stereocenters. The molecule has 0 radical (unpaired) electrons. The van der Waals surface area contributed by atoms with Crippen LogP contribution in [0.4, 0.5) is 0 Å². The van der Waals surface area contributed by atoms with E-state index in [1.54, 1.807) is 7.11 Å². The SMILES string of the molecule is COc1c(C)cc(Cl)cc1C1NCCc2cc3c(cc21)OCO3. The van der Waals surface area contributed by atoms with Crippen LogP contribution in [0.5, 0.6) is 17.2 Å². The first-order chi connectivity index (χ1) is 11.2. The van der Waals surface area contributed by atoms with E-state index in [9.17, 15) is 0 Å². The Morgan fingerprint density at radius 3 is 2.70 bits per heavy atom. The fraction of sp³-hybridized carbons (Fsp3) is 0.333. The summed E-state index contributed by atoms with van der Waals surface area (Å²) < 4.78 is 16.7. The number of benzene rings is 2. The molecular formula is C18H18ClNO3. The van der Waals surface area contributed by atoms with Crippen molar-refractivity contribution >= 4 is 11.6 Å². The lowest BCUT2D eigenvalue weighted by Gasteiger charge is -2.29. The van der Waals surface area contributed by atoms with E-state index in [4.69, 9.17) is 25.8 Å². The van der Waals surface area contributed by atoms with E-state index in [1.807, 2.05) is 19.1 Å². The number of ether oxygens (including phenoxy) is 3. The highest BCUT2D eigenvalue weighted by Crippen LogP contribution is 2.42. The van der Waals surface area contributed by atoms with Gasteiger partial charge in [-0.1, -0.05) is 11.6 Å². The summed E-state index contributed by atoms with van der Waals surface area (Å²) in [7, 11) is 1.70. The molecule has 2 aliphatic heterocycles. The van der Waals surface area contributed by atoms with E-state index in [-0.39, 0.29) is 12.8 Å². The molecular weight excluding hydrogens is 314 g/mol. The molecule has 2 aromatic carbocycles. The quantitative estimate of drug-likeness (QED) is 0.912. The normalized spacial score (nSPS) is 18.7. The molecule has 0 fully saturated rings. The van der Waals surface area contributed by atoms with Gasteiger partial charge in [0, 0.05) is 17.1 Å². The first-order valence-electron chi connectivity index (χ1n) is 7.67. The first kappa shape index (κ1) is 14.7. The lowest BCUT2D eigenvalue weighted by molar-refractivity contribution is 0.174. The van der Waals surface area contributed by atoms with Crippen molar-refractivity contribution < 1.29 is 14.2 Å². The Morgan fingerprint density at radius 2 is 1.91 bits per heavy atom. The number of nitrogens with one attached hydrogen (secondary N) is 1. The summed E-state index contributed by atoms with van der Waals surface area (Å²) in [6.07, 6.45) is 0.963. The molecule has 0 aromatic heterocycles. The highest BCUT2D eigenvalue weighted by atomic mass is 35.5. The maximum Gasteiger partial charge on any atom is 0.231 e. The van der Waals surface area contributed by atoms with Gasteiger partial charge in [-0.15, -0.1) is 0 Å². The Hall–Kier alpha value is -1.91. The zero-order chi connectivity index (χ0) is 16.0. The van der Waals surface area contributed by atoms with Gasteiger partial charge in [0.2, 0.25) is 6.79 Å². The molecule has 2 aliphatic rings. The maximum atomic E-state index is 6.29. The van der Waals surface area contributed by atoms with Crippen LogP contribution >= 0.6 is 11.6 Å². The Kier molecular flexibility index (Phi) is 3.58. The molecule has 23 heavy (non-hydrogen) atoms. The molecule has 4 rings (SSSR count). The second-order valence-electron chi connectivity index (χ2n) is 5.89. The lowest BCUT2D eigenvalue weighted by atomic mass is 9.88. The Bertz CT molecular complexity index is 775. The van der Waals surface area contributed by atoms with Crippen molar-refractivity contribution in [2.75, 3.05) is 20.4 Å². The van der Waals surface area contributed by atoms with Gasteiger partial charge >= 0.3 is 0 Å². The van der Waals surface area contributed by atoms with Crippen molar-refractivity contribution in [1.29, 1.82) is 0 Å². The molecule has 0 spiro atoms. The number of methoxy groups -OCH3 is 1. The van der Waals surface area contributed by atoms with Crippen LogP contribution in [0.2, 0.25) is 5.02 Å². The number of halogens is 1. The van der Waals surface area contributed by atoms with Crippen LogP contribution in [0.3, 0.4) is 0 Å². The number of hydrogen-bond donors (Lipinski definition) is 1. The van der Waals surface area contributed by atoms with Crippen LogP contribution in [0.1, 0.15) is 28.3 Å². The van der Waals surface area contributed by atoms with E-state index in [0.29, 0.717) is 5.02 Å². The van der Waals surface area contributed by atoms with Crippen molar-refractivity contribution in [3.8, 4) is 17.2 Å². The van der Waals surface area contributed by atoms with Gasteiger partial charge in [-0.3, -0.25) is 0 Å². The third kappa shape index (κ3) is 2.42. The van der Waals surface area contributed by atoms with E-state index < -0.39 is 0 Å². The molecule has 2 heterocycles. The smallest absolute Gasteiger partial charge is 0.231 e. The largest absolute Gasteiger partial charge is 0.496 e. The van der Waals surface area contributed by atoms with Gasteiger partial charge in [-0.05, 0) is 54.3 Å². The Balaban J connectivity index is 1.87. The third-order valence-electron chi connectivity index (χ3n) is 4.47. The average molecular weight is 332 g/mol. The summed E-state index contributed by atoms with van der Waals surface area (Å²) in [5.74, 6) is 2.51.